The van der Waals surface area contributed by atoms with Crippen LogP contribution in [0.4, 0.5) is 0 Å². The molecule has 3 heteroatoms. The Balaban J connectivity index is 0. The minimum Gasteiger partial charge on any atom is -0.512 e. The molecule has 0 unspecified atom stereocenters. The smallest absolute Gasteiger partial charge is 0.161 e. The van der Waals surface area contributed by atoms with Crippen molar-refractivity contribution in [1.82, 2.24) is 0 Å². The molecule has 72 valence electrons. The summed E-state index contributed by atoms with van der Waals surface area (Å²) in [6.45, 7) is 7.32. The average molecular weight is 212 g/mol. The van der Waals surface area contributed by atoms with Crippen LogP contribution < -0.4 is 0 Å². The molecule has 0 aliphatic heterocycles. The van der Waals surface area contributed by atoms with Gasteiger partial charge in [-0.2, -0.15) is 0 Å². The van der Waals surface area contributed by atoms with Gasteiger partial charge in [0.15, 0.2) is 5.78 Å². The van der Waals surface area contributed by atoms with E-state index in [0.29, 0.717) is 0 Å². The Morgan fingerprint density at radius 3 is 1.83 bits per heavy atom. The van der Waals surface area contributed by atoms with Crippen LogP contribution in [0.1, 0.15) is 27.7 Å². The number of hydrogen-bond donors (Lipinski definition) is 1. The van der Waals surface area contributed by atoms with Gasteiger partial charge in [-0.15, -0.1) is 0 Å². The van der Waals surface area contributed by atoms with Gasteiger partial charge in [-0.1, -0.05) is 27.7 Å². The van der Waals surface area contributed by atoms with Crippen molar-refractivity contribution in [1.29, 1.82) is 0 Å². The molecule has 1 N–H and O–H groups in total. The monoisotopic (exact) mass is 212 g/mol. The molecule has 0 bridgehead atoms. The molecule has 0 atom stereocenters. The fourth-order valence-electron chi connectivity index (χ4n) is 0.479. The quantitative estimate of drug-likeness (QED) is 0.442. The Hall–Kier alpha value is -0.271. The molecule has 0 rings (SSSR count). The standard InChI is InChI=1S/C9H16O2.Fe/c1-6(2)8(10)5-9(11)7(3)4;/h5-7,10H,1-4H3;. The topological polar surface area (TPSA) is 37.3 Å². The molecule has 0 aromatic rings. The number of aliphatic hydroxyl groups is 1. The zero-order valence-electron chi connectivity index (χ0n) is 7.94. The SMILES string of the molecule is CC(C)C(=O)C=C(O)C(C)C.[Fe]. The minimum absolute atomic E-state index is 0. The average Bonchev–Trinajstić information content (AvgIpc) is 1.87. The summed E-state index contributed by atoms with van der Waals surface area (Å²) in [7, 11) is 0. The van der Waals surface area contributed by atoms with Crippen LogP contribution in [0, 0.1) is 11.8 Å². The van der Waals surface area contributed by atoms with E-state index in [9.17, 15) is 9.90 Å². The molecule has 0 saturated carbocycles. The second kappa shape index (κ2) is 6.27. The van der Waals surface area contributed by atoms with Crippen molar-refractivity contribution >= 4 is 5.78 Å². The third-order valence-corrected chi connectivity index (χ3v) is 1.45. The van der Waals surface area contributed by atoms with Gasteiger partial charge in [-0.25, -0.2) is 0 Å². The first-order valence-corrected chi connectivity index (χ1v) is 3.89. The summed E-state index contributed by atoms with van der Waals surface area (Å²) in [5.41, 5.74) is 0. The Bertz CT molecular complexity index is 171. The van der Waals surface area contributed by atoms with Crippen LogP contribution in [0.15, 0.2) is 11.8 Å². The van der Waals surface area contributed by atoms with E-state index in [2.05, 4.69) is 0 Å². The van der Waals surface area contributed by atoms with Crippen molar-refractivity contribution in [2.45, 2.75) is 27.7 Å². The molecule has 12 heavy (non-hydrogen) atoms. The molecule has 0 spiro atoms. The molecule has 0 fully saturated rings. The Kier molecular flexibility index (Phi) is 7.45. The van der Waals surface area contributed by atoms with E-state index in [1.807, 2.05) is 27.7 Å². The van der Waals surface area contributed by atoms with Gasteiger partial charge in [0, 0.05) is 35.0 Å². The van der Waals surface area contributed by atoms with Gasteiger partial charge >= 0.3 is 0 Å². The fraction of sp³-hybridized carbons (Fsp3) is 0.667. The zero-order chi connectivity index (χ0) is 9.02. The van der Waals surface area contributed by atoms with Crippen molar-refractivity contribution in [3.8, 4) is 0 Å². The van der Waals surface area contributed by atoms with Gasteiger partial charge in [-0.3, -0.25) is 4.79 Å². The maximum atomic E-state index is 11.0. The summed E-state index contributed by atoms with van der Waals surface area (Å²) in [5, 5.41) is 9.19. The van der Waals surface area contributed by atoms with Crippen LogP contribution >= 0.6 is 0 Å². The second-order valence-corrected chi connectivity index (χ2v) is 3.28. The maximum Gasteiger partial charge on any atom is 0.161 e. The van der Waals surface area contributed by atoms with E-state index in [1.54, 1.807) is 0 Å². The van der Waals surface area contributed by atoms with Crippen molar-refractivity contribution in [2.75, 3.05) is 0 Å². The Labute approximate surface area is 84.5 Å². The van der Waals surface area contributed by atoms with Crippen LogP contribution in [-0.4, -0.2) is 10.9 Å². The number of hydrogen-bond acceptors (Lipinski definition) is 2. The van der Waals surface area contributed by atoms with E-state index in [4.69, 9.17) is 0 Å². The fourth-order valence-corrected chi connectivity index (χ4v) is 0.479. The van der Waals surface area contributed by atoms with Crippen molar-refractivity contribution in [3.63, 3.8) is 0 Å². The predicted molar refractivity (Wildman–Crippen MR) is 45.4 cm³/mol. The van der Waals surface area contributed by atoms with E-state index < -0.39 is 0 Å². The van der Waals surface area contributed by atoms with Gasteiger partial charge in [-0.05, 0) is 0 Å². The number of ketones is 1. The first-order chi connectivity index (χ1) is 4.95. The molecule has 0 aliphatic rings. The summed E-state index contributed by atoms with van der Waals surface area (Å²) >= 11 is 0. The summed E-state index contributed by atoms with van der Waals surface area (Å²) in [6.07, 6.45) is 1.31. The van der Waals surface area contributed by atoms with Crippen LogP contribution in [0.25, 0.3) is 0 Å². The molecule has 0 aromatic carbocycles. The summed E-state index contributed by atoms with van der Waals surface area (Å²) in [6, 6.07) is 0. The summed E-state index contributed by atoms with van der Waals surface area (Å²) in [4.78, 5) is 11.0. The molecule has 0 aliphatic carbocycles. The van der Waals surface area contributed by atoms with Crippen LogP contribution in [-0.2, 0) is 21.9 Å². The Morgan fingerprint density at radius 2 is 1.58 bits per heavy atom. The molecule has 0 amide bonds. The van der Waals surface area contributed by atoms with E-state index >= 15 is 0 Å². The summed E-state index contributed by atoms with van der Waals surface area (Å²) in [5.74, 6) is 0.161. The predicted octanol–water partition coefficient (Wildman–Crippen LogP) is 2.31. The maximum absolute atomic E-state index is 11.0. The minimum atomic E-state index is -0.0316. The van der Waals surface area contributed by atoms with Crippen LogP contribution in [0.3, 0.4) is 0 Å². The molecule has 2 nitrogen and oxygen atoms in total. The van der Waals surface area contributed by atoms with Gasteiger partial charge < -0.3 is 5.11 Å². The largest absolute Gasteiger partial charge is 0.512 e. The number of carbonyl (C=O) groups excluding carboxylic acids is 1. The number of rotatable bonds is 3. The molecular weight excluding hydrogens is 196 g/mol. The second-order valence-electron chi connectivity index (χ2n) is 3.28. The molecular formula is C9H16FeO2. The van der Waals surface area contributed by atoms with Crippen molar-refractivity contribution < 1.29 is 27.0 Å². The first-order valence-electron chi connectivity index (χ1n) is 3.89. The molecule has 0 aromatic heterocycles. The van der Waals surface area contributed by atoms with E-state index in [-0.39, 0.29) is 40.4 Å². The summed E-state index contributed by atoms with van der Waals surface area (Å²) < 4.78 is 0. The number of aliphatic hydroxyl groups excluding tert-OH is 1. The van der Waals surface area contributed by atoms with E-state index in [1.165, 1.54) is 6.08 Å². The van der Waals surface area contributed by atoms with Crippen LogP contribution in [0.5, 0.6) is 0 Å². The normalized spacial score (nSPS) is 11.7. The van der Waals surface area contributed by atoms with Gasteiger partial charge in [0.1, 0.15) is 0 Å². The molecule has 0 radical (unpaired) electrons. The zero-order valence-corrected chi connectivity index (χ0v) is 9.05. The first kappa shape index (κ1) is 14.3. The van der Waals surface area contributed by atoms with Gasteiger partial charge in [0.2, 0.25) is 0 Å². The third kappa shape index (κ3) is 5.39. The van der Waals surface area contributed by atoms with Gasteiger partial charge in [0.25, 0.3) is 0 Å². The number of carbonyl (C=O) groups is 1. The van der Waals surface area contributed by atoms with E-state index in [0.717, 1.165) is 0 Å². The van der Waals surface area contributed by atoms with Crippen molar-refractivity contribution in [3.05, 3.63) is 11.8 Å². The third-order valence-electron chi connectivity index (χ3n) is 1.45. The van der Waals surface area contributed by atoms with Gasteiger partial charge in [0.05, 0.1) is 5.76 Å². The Morgan fingerprint density at radius 1 is 1.17 bits per heavy atom. The molecule has 0 heterocycles. The number of allylic oxidation sites excluding steroid dienone is 2. The van der Waals surface area contributed by atoms with Crippen molar-refractivity contribution in [2.24, 2.45) is 11.8 Å². The van der Waals surface area contributed by atoms with Crippen LogP contribution in [0.2, 0.25) is 0 Å². The molecule has 0 saturated heterocycles.